The number of ether oxygens (including phenoxy) is 1. The monoisotopic (exact) mass is 303 g/mol. The molecule has 1 heterocycles. The van der Waals surface area contributed by atoms with Crippen molar-refractivity contribution in [3.8, 4) is 5.75 Å². The quantitative estimate of drug-likeness (QED) is 0.879. The second kappa shape index (κ2) is 7.16. The number of nitrogens with one attached hydrogen (secondary N) is 2. The van der Waals surface area contributed by atoms with Crippen molar-refractivity contribution in [1.82, 2.24) is 10.3 Å². The Labute approximate surface area is 126 Å². The second-order valence-electron chi connectivity index (χ2n) is 4.30. The van der Waals surface area contributed by atoms with E-state index >= 15 is 0 Å². The van der Waals surface area contributed by atoms with Crippen molar-refractivity contribution < 1.29 is 18.7 Å². The molecule has 2 N–H and O–H groups in total. The molecule has 0 aliphatic rings. The maximum atomic E-state index is 12.7. The fourth-order valence-corrected chi connectivity index (χ4v) is 1.56. The third kappa shape index (κ3) is 4.27. The Bertz CT molecular complexity index is 657. The van der Waals surface area contributed by atoms with Crippen LogP contribution in [0.2, 0.25) is 0 Å². The number of hydrogen-bond donors (Lipinski definition) is 2. The van der Waals surface area contributed by atoms with Crippen molar-refractivity contribution in [2.45, 2.75) is 0 Å². The summed E-state index contributed by atoms with van der Waals surface area (Å²) in [4.78, 5) is 26.8. The highest BCUT2D eigenvalue weighted by atomic mass is 19.1. The molecule has 2 rings (SSSR count). The van der Waals surface area contributed by atoms with Gasteiger partial charge in [-0.3, -0.25) is 9.59 Å². The van der Waals surface area contributed by atoms with Crippen molar-refractivity contribution in [3.63, 3.8) is 0 Å². The van der Waals surface area contributed by atoms with Gasteiger partial charge in [0.15, 0.2) is 6.61 Å². The number of pyridine rings is 1. The van der Waals surface area contributed by atoms with Crippen LogP contribution in [0.4, 0.5) is 10.2 Å². The number of rotatable bonds is 5. The van der Waals surface area contributed by atoms with Gasteiger partial charge in [0.1, 0.15) is 17.4 Å². The molecule has 6 nitrogen and oxygen atoms in total. The summed E-state index contributed by atoms with van der Waals surface area (Å²) in [7, 11) is 1.52. The second-order valence-corrected chi connectivity index (χ2v) is 4.30. The Morgan fingerprint density at radius 3 is 2.50 bits per heavy atom. The Morgan fingerprint density at radius 2 is 1.91 bits per heavy atom. The lowest BCUT2D eigenvalue weighted by molar-refractivity contribution is -0.122. The van der Waals surface area contributed by atoms with Crippen LogP contribution in [0.25, 0.3) is 0 Å². The fourth-order valence-electron chi connectivity index (χ4n) is 1.56. The van der Waals surface area contributed by atoms with E-state index in [0.29, 0.717) is 11.3 Å². The summed E-state index contributed by atoms with van der Waals surface area (Å²) in [5, 5.41) is 4.98. The minimum Gasteiger partial charge on any atom is -0.484 e. The van der Waals surface area contributed by atoms with Crippen LogP contribution in [0.15, 0.2) is 42.6 Å². The standard InChI is InChI=1S/C15H14FN3O3/c1-17-14(20)9-22-12-5-2-10(3-6-12)15(21)19-13-7-4-11(16)8-18-13/h2-8H,9H2,1H3,(H,17,20)(H,18,19,21). The van der Waals surface area contributed by atoms with Crippen molar-refractivity contribution in [2.24, 2.45) is 0 Å². The third-order valence-corrected chi connectivity index (χ3v) is 2.73. The molecule has 0 saturated heterocycles. The van der Waals surface area contributed by atoms with E-state index in [1.807, 2.05) is 0 Å². The molecule has 0 aliphatic heterocycles. The average molecular weight is 303 g/mol. The topological polar surface area (TPSA) is 80.3 Å². The van der Waals surface area contributed by atoms with Crippen molar-refractivity contribution in [2.75, 3.05) is 19.0 Å². The first kappa shape index (κ1) is 15.4. The number of amides is 2. The number of anilines is 1. The van der Waals surface area contributed by atoms with Crippen LogP contribution in [0.1, 0.15) is 10.4 Å². The van der Waals surface area contributed by atoms with E-state index in [1.165, 1.54) is 19.2 Å². The van der Waals surface area contributed by atoms with Crippen molar-refractivity contribution >= 4 is 17.6 Å². The molecule has 1 aromatic heterocycles. The Kier molecular flexibility index (Phi) is 5.02. The molecule has 2 aromatic rings. The molecule has 114 valence electrons. The normalized spacial score (nSPS) is 9.91. The van der Waals surface area contributed by atoms with Gasteiger partial charge in [0.05, 0.1) is 6.20 Å². The van der Waals surface area contributed by atoms with Crippen molar-refractivity contribution in [1.29, 1.82) is 0 Å². The van der Waals surface area contributed by atoms with E-state index in [9.17, 15) is 14.0 Å². The van der Waals surface area contributed by atoms with Crippen molar-refractivity contribution in [3.05, 3.63) is 54.0 Å². The van der Waals surface area contributed by atoms with Gasteiger partial charge in [-0.2, -0.15) is 0 Å². The number of carbonyl (C=O) groups is 2. The molecule has 0 radical (unpaired) electrons. The summed E-state index contributed by atoms with van der Waals surface area (Å²) in [5.74, 6) is -0.372. The molecule has 22 heavy (non-hydrogen) atoms. The summed E-state index contributed by atoms with van der Waals surface area (Å²) in [5.41, 5.74) is 0.387. The van der Waals surface area contributed by atoms with Crippen LogP contribution in [-0.2, 0) is 4.79 Å². The average Bonchev–Trinajstić information content (AvgIpc) is 2.55. The number of hydrogen-bond acceptors (Lipinski definition) is 4. The van der Waals surface area contributed by atoms with Gasteiger partial charge in [-0.05, 0) is 36.4 Å². The Balaban J connectivity index is 1.96. The maximum Gasteiger partial charge on any atom is 0.257 e. The third-order valence-electron chi connectivity index (χ3n) is 2.73. The first-order valence-electron chi connectivity index (χ1n) is 6.45. The van der Waals surface area contributed by atoms with Crippen LogP contribution in [0.5, 0.6) is 5.75 Å². The number of carbonyl (C=O) groups excluding carboxylic acids is 2. The summed E-state index contributed by atoms with van der Waals surface area (Å²) in [6.07, 6.45) is 1.02. The van der Waals surface area contributed by atoms with Crippen LogP contribution in [-0.4, -0.2) is 30.5 Å². The fraction of sp³-hybridized carbons (Fsp3) is 0.133. The van der Waals surface area contributed by atoms with E-state index in [2.05, 4.69) is 15.6 Å². The molecular formula is C15H14FN3O3. The number of benzene rings is 1. The number of likely N-dealkylation sites (N-methyl/N-ethyl adjacent to an activating group) is 1. The van der Waals surface area contributed by atoms with Crippen LogP contribution in [0.3, 0.4) is 0 Å². The van der Waals surface area contributed by atoms with Gasteiger partial charge in [-0.1, -0.05) is 0 Å². The predicted molar refractivity (Wildman–Crippen MR) is 78.2 cm³/mol. The minimum absolute atomic E-state index is 0.0957. The maximum absolute atomic E-state index is 12.7. The summed E-state index contributed by atoms with van der Waals surface area (Å²) in [6.45, 7) is -0.0957. The molecule has 0 fully saturated rings. The van der Waals surface area contributed by atoms with Gasteiger partial charge in [-0.15, -0.1) is 0 Å². The largest absolute Gasteiger partial charge is 0.484 e. The molecule has 0 aliphatic carbocycles. The van der Waals surface area contributed by atoms with Gasteiger partial charge in [0, 0.05) is 12.6 Å². The van der Waals surface area contributed by atoms with E-state index in [0.717, 1.165) is 6.20 Å². The molecule has 0 spiro atoms. The molecule has 1 aromatic carbocycles. The molecule has 0 unspecified atom stereocenters. The lowest BCUT2D eigenvalue weighted by Crippen LogP contribution is -2.24. The lowest BCUT2D eigenvalue weighted by Gasteiger charge is -2.07. The molecule has 2 amide bonds. The van der Waals surface area contributed by atoms with Gasteiger partial charge in [0.25, 0.3) is 11.8 Å². The van der Waals surface area contributed by atoms with Crippen LogP contribution in [0, 0.1) is 5.82 Å². The first-order chi connectivity index (χ1) is 10.6. The Hall–Kier alpha value is -2.96. The van der Waals surface area contributed by atoms with E-state index < -0.39 is 5.82 Å². The van der Waals surface area contributed by atoms with E-state index in [-0.39, 0.29) is 24.2 Å². The summed E-state index contributed by atoms with van der Waals surface area (Å²) in [6, 6.07) is 8.84. The molecular weight excluding hydrogens is 289 g/mol. The summed E-state index contributed by atoms with van der Waals surface area (Å²) < 4.78 is 18.0. The van der Waals surface area contributed by atoms with E-state index in [4.69, 9.17) is 4.74 Å². The van der Waals surface area contributed by atoms with Crippen LogP contribution >= 0.6 is 0 Å². The highest BCUT2D eigenvalue weighted by molar-refractivity contribution is 6.03. The molecule has 0 bridgehead atoms. The SMILES string of the molecule is CNC(=O)COc1ccc(C(=O)Nc2ccc(F)cn2)cc1. The number of aromatic nitrogens is 1. The van der Waals surface area contributed by atoms with Gasteiger partial charge in [0.2, 0.25) is 0 Å². The Morgan fingerprint density at radius 1 is 1.18 bits per heavy atom. The predicted octanol–water partition coefficient (Wildman–Crippen LogP) is 1.60. The first-order valence-corrected chi connectivity index (χ1v) is 6.45. The van der Waals surface area contributed by atoms with E-state index in [1.54, 1.807) is 24.3 Å². The lowest BCUT2D eigenvalue weighted by atomic mass is 10.2. The van der Waals surface area contributed by atoms with Gasteiger partial charge >= 0.3 is 0 Å². The number of nitrogens with zero attached hydrogens (tertiary/aromatic N) is 1. The zero-order valence-electron chi connectivity index (χ0n) is 11.8. The highest BCUT2D eigenvalue weighted by Crippen LogP contribution is 2.13. The molecule has 7 heteroatoms. The highest BCUT2D eigenvalue weighted by Gasteiger charge is 2.07. The smallest absolute Gasteiger partial charge is 0.257 e. The molecule has 0 atom stereocenters. The van der Waals surface area contributed by atoms with Gasteiger partial charge < -0.3 is 15.4 Å². The minimum atomic E-state index is -0.476. The number of halogens is 1. The summed E-state index contributed by atoms with van der Waals surface area (Å²) >= 11 is 0. The zero-order valence-corrected chi connectivity index (χ0v) is 11.8. The zero-order chi connectivity index (χ0) is 15.9. The van der Waals surface area contributed by atoms with Gasteiger partial charge in [-0.25, -0.2) is 9.37 Å². The van der Waals surface area contributed by atoms with Crippen LogP contribution < -0.4 is 15.4 Å². The molecule has 0 saturated carbocycles.